The van der Waals surface area contributed by atoms with Gasteiger partial charge >= 0.3 is 0 Å². The van der Waals surface area contributed by atoms with Crippen LogP contribution in [-0.4, -0.2) is 37.6 Å². The number of aryl methyl sites for hydroxylation is 1. The number of likely N-dealkylation sites (tertiary alicyclic amines) is 1. The third-order valence-electron chi connectivity index (χ3n) is 6.75. The maximum atomic E-state index is 15.3. The summed E-state index contributed by atoms with van der Waals surface area (Å²) in [7, 11) is 1.72. The molecule has 4 rings (SSSR count). The number of carbonyl (C=O) groups is 1. The Balaban J connectivity index is 1.75. The third-order valence-corrected chi connectivity index (χ3v) is 6.75. The average molecular weight is 460 g/mol. The predicted octanol–water partition coefficient (Wildman–Crippen LogP) is 6.99. The molecule has 1 heterocycles. The summed E-state index contributed by atoms with van der Waals surface area (Å²) in [6.45, 7) is 4.38. The van der Waals surface area contributed by atoms with Gasteiger partial charge in [-0.05, 0) is 67.5 Å². The SMILES string of the molecule is COCCCCC(c1cccc(C(=O)N2CCCC2)c1)c1cccc(F)c1-c1cccc(C)c1. The van der Waals surface area contributed by atoms with Crippen LogP contribution in [0.4, 0.5) is 4.39 Å². The molecule has 3 nitrogen and oxygen atoms in total. The van der Waals surface area contributed by atoms with Crippen LogP contribution in [0.2, 0.25) is 0 Å². The van der Waals surface area contributed by atoms with E-state index in [4.69, 9.17) is 4.74 Å². The minimum atomic E-state index is -0.214. The number of rotatable bonds is 9. The lowest BCUT2D eigenvalue weighted by atomic mass is 9.82. The summed E-state index contributed by atoms with van der Waals surface area (Å²) < 4.78 is 20.6. The van der Waals surface area contributed by atoms with Crippen LogP contribution in [0.15, 0.2) is 66.7 Å². The van der Waals surface area contributed by atoms with Gasteiger partial charge < -0.3 is 9.64 Å². The molecule has 0 N–H and O–H groups in total. The number of unbranched alkanes of at least 4 members (excludes halogenated alkanes) is 1. The lowest BCUT2D eigenvalue weighted by Crippen LogP contribution is -2.27. The Morgan fingerprint density at radius 2 is 1.76 bits per heavy atom. The summed E-state index contributed by atoms with van der Waals surface area (Å²) in [4.78, 5) is 15.0. The van der Waals surface area contributed by atoms with E-state index in [1.165, 1.54) is 6.07 Å². The Morgan fingerprint density at radius 3 is 2.53 bits per heavy atom. The van der Waals surface area contributed by atoms with E-state index in [0.29, 0.717) is 12.2 Å². The molecule has 0 spiro atoms. The Bertz CT molecular complexity index is 1120. The first-order valence-electron chi connectivity index (χ1n) is 12.3. The minimum absolute atomic E-state index is 0.0191. The van der Waals surface area contributed by atoms with Crippen molar-refractivity contribution in [1.29, 1.82) is 0 Å². The third kappa shape index (κ3) is 5.56. The molecule has 1 aliphatic rings. The Labute approximate surface area is 202 Å². The van der Waals surface area contributed by atoms with E-state index in [-0.39, 0.29) is 17.6 Å². The van der Waals surface area contributed by atoms with Crippen LogP contribution in [0.5, 0.6) is 0 Å². The van der Waals surface area contributed by atoms with Crippen LogP contribution >= 0.6 is 0 Å². The van der Waals surface area contributed by atoms with Crippen LogP contribution in [0.25, 0.3) is 11.1 Å². The first kappa shape index (κ1) is 24.2. The second kappa shape index (κ2) is 11.4. The molecule has 1 amide bonds. The Morgan fingerprint density at radius 1 is 1.00 bits per heavy atom. The molecule has 178 valence electrons. The molecule has 1 unspecified atom stereocenters. The summed E-state index contributed by atoms with van der Waals surface area (Å²) in [5.41, 5.74) is 5.38. The molecule has 1 aliphatic heterocycles. The van der Waals surface area contributed by atoms with Crippen molar-refractivity contribution in [1.82, 2.24) is 4.90 Å². The van der Waals surface area contributed by atoms with Crippen molar-refractivity contribution in [3.8, 4) is 11.1 Å². The maximum Gasteiger partial charge on any atom is 0.253 e. The van der Waals surface area contributed by atoms with Crippen LogP contribution in [0, 0.1) is 12.7 Å². The number of carbonyl (C=O) groups excluding carboxylic acids is 1. The topological polar surface area (TPSA) is 29.5 Å². The van der Waals surface area contributed by atoms with Crippen molar-refractivity contribution in [3.05, 3.63) is 94.8 Å². The van der Waals surface area contributed by atoms with Gasteiger partial charge in [0.05, 0.1) is 0 Å². The first-order valence-corrected chi connectivity index (χ1v) is 12.3. The number of benzene rings is 3. The monoisotopic (exact) mass is 459 g/mol. The summed E-state index contributed by atoms with van der Waals surface area (Å²) in [5, 5.41) is 0. The molecule has 3 aromatic carbocycles. The van der Waals surface area contributed by atoms with E-state index in [1.807, 2.05) is 60.4 Å². The second-order valence-corrected chi connectivity index (χ2v) is 9.24. The molecule has 1 saturated heterocycles. The highest BCUT2D eigenvalue weighted by Gasteiger charge is 2.24. The highest BCUT2D eigenvalue weighted by atomic mass is 19.1. The van der Waals surface area contributed by atoms with Gasteiger partial charge in [0.1, 0.15) is 5.82 Å². The van der Waals surface area contributed by atoms with Crippen LogP contribution in [0.3, 0.4) is 0 Å². The summed E-state index contributed by atoms with van der Waals surface area (Å²) in [6.07, 6.45) is 4.88. The number of methoxy groups -OCH3 is 1. The largest absolute Gasteiger partial charge is 0.385 e. The number of hydrogen-bond acceptors (Lipinski definition) is 2. The highest BCUT2D eigenvalue weighted by Crippen LogP contribution is 2.38. The quantitative estimate of drug-likeness (QED) is 0.323. The highest BCUT2D eigenvalue weighted by molar-refractivity contribution is 5.94. The second-order valence-electron chi connectivity index (χ2n) is 9.24. The average Bonchev–Trinajstić information content (AvgIpc) is 3.39. The standard InChI is InChI=1S/C30H34FNO2/c1-22-10-7-12-24(20-22)29-27(15-9-16-28(29)31)26(14-3-6-19-34-2)23-11-8-13-25(21-23)30(33)32-17-4-5-18-32/h7-13,15-16,20-21,26H,3-6,14,17-19H2,1-2H3. The van der Waals surface area contributed by atoms with E-state index < -0.39 is 0 Å². The molecule has 0 radical (unpaired) electrons. The van der Waals surface area contributed by atoms with E-state index in [2.05, 4.69) is 6.07 Å². The summed E-state index contributed by atoms with van der Waals surface area (Å²) in [6, 6.07) is 21.4. The van der Waals surface area contributed by atoms with E-state index in [1.54, 1.807) is 13.2 Å². The number of halogens is 1. The molecular formula is C30H34FNO2. The zero-order valence-corrected chi connectivity index (χ0v) is 20.2. The predicted molar refractivity (Wildman–Crippen MR) is 136 cm³/mol. The van der Waals surface area contributed by atoms with Crippen molar-refractivity contribution in [2.24, 2.45) is 0 Å². The van der Waals surface area contributed by atoms with Gasteiger partial charge in [-0.1, -0.05) is 60.5 Å². The minimum Gasteiger partial charge on any atom is -0.385 e. The first-order chi connectivity index (χ1) is 16.6. The van der Waals surface area contributed by atoms with Gasteiger partial charge in [-0.15, -0.1) is 0 Å². The molecule has 34 heavy (non-hydrogen) atoms. The number of ether oxygens (including phenoxy) is 1. The molecule has 0 aliphatic carbocycles. The fourth-order valence-corrected chi connectivity index (χ4v) is 5.02. The molecule has 1 atom stereocenters. The van der Waals surface area contributed by atoms with E-state index in [0.717, 1.165) is 73.0 Å². The Hall–Kier alpha value is -2.98. The summed E-state index contributed by atoms with van der Waals surface area (Å²) >= 11 is 0. The van der Waals surface area contributed by atoms with Gasteiger partial charge in [-0.3, -0.25) is 4.79 Å². The summed E-state index contributed by atoms with van der Waals surface area (Å²) in [5.74, 6) is -0.140. The van der Waals surface area contributed by atoms with Gasteiger partial charge in [-0.25, -0.2) is 4.39 Å². The van der Waals surface area contributed by atoms with E-state index in [9.17, 15) is 4.79 Å². The molecule has 3 aromatic rings. The normalized spacial score (nSPS) is 14.4. The van der Waals surface area contributed by atoms with Crippen molar-refractivity contribution < 1.29 is 13.9 Å². The molecule has 4 heteroatoms. The lowest BCUT2D eigenvalue weighted by Gasteiger charge is -2.23. The van der Waals surface area contributed by atoms with Gasteiger partial charge in [0.25, 0.3) is 5.91 Å². The van der Waals surface area contributed by atoms with Gasteiger partial charge in [0.15, 0.2) is 0 Å². The number of amides is 1. The Kier molecular flexibility index (Phi) is 8.12. The fraction of sp³-hybridized carbons (Fsp3) is 0.367. The van der Waals surface area contributed by atoms with Crippen molar-refractivity contribution in [2.75, 3.05) is 26.8 Å². The molecular weight excluding hydrogens is 425 g/mol. The van der Waals surface area contributed by atoms with Crippen LogP contribution in [-0.2, 0) is 4.74 Å². The maximum absolute atomic E-state index is 15.3. The number of hydrogen-bond donors (Lipinski definition) is 0. The molecule has 0 bridgehead atoms. The van der Waals surface area contributed by atoms with Crippen molar-refractivity contribution in [2.45, 2.75) is 44.9 Å². The van der Waals surface area contributed by atoms with Gasteiger partial charge in [0.2, 0.25) is 0 Å². The fourth-order valence-electron chi connectivity index (χ4n) is 5.02. The zero-order valence-electron chi connectivity index (χ0n) is 20.2. The van der Waals surface area contributed by atoms with Crippen LogP contribution < -0.4 is 0 Å². The van der Waals surface area contributed by atoms with Gasteiger partial charge in [0, 0.05) is 43.9 Å². The molecule has 0 aromatic heterocycles. The number of nitrogens with zero attached hydrogens (tertiary/aromatic N) is 1. The van der Waals surface area contributed by atoms with Crippen molar-refractivity contribution in [3.63, 3.8) is 0 Å². The van der Waals surface area contributed by atoms with Crippen molar-refractivity contribution >= 4 is 5.91 Å². The van der Waals surface area contributed by atoms with Crippen LogP contribution in [0.1, 0.15) is 65.1 Å². The molecule has 0 saturated carbocycles. The molecule has 1 fully saturated rings. The van der Waals surface area contributed by atoms with Gasteiger partial charge in [-0.2, -0.15) is 0 Å². The zero-order chi connectivity index (χ0) is 23.9. The van der Waals surface area contributed by atoms with E-state index >= 15 is 4.39 Å². The lowest BCUT2D eigenvalue weighted by molar-refractivity contribution is 0.0792. The smallest absolute Gasteiger partial charge is 0.253 e.